The zero-order valence-corrected chi connectivity index (χ0v) is 10.5. The second-order valence-electron chi connectivity index (χ2n) is 3.74. The molecule has 3 N–H and O–H groups in total. The van der Waals surface area contributed by atoms with Crippen LogP contribution in [0.3, 0.4) is 0 Å². The molecule has 0 unspecified atom stereocenters. The number of benzene rings is 1. The molecule has 7 nitrogen and oxygen atoms in total. The second kappa shape index (κ2) is 5.21. The minimum absolute atomic E-state index is 0.0552. The third-order valence-electron chi connectivity index (χ3n) is 2.40. The highest BCUT2D eigenvalue weighted by atomic mass is 32.2. The molecule has 19 heavy (non-hydrogen) atoms. The first-order chi connectivity index (χ1) is 8.99. The van der Waals surface area contributed by atoms with E-state index in [0.717, 1.165) is 6.07 Å². The highest BCUT2D eigenvalue weighted by Gasteiger charge is 2.15. The van der Waals surface area contributed by atoms with Crippen LogP contribution < -0.4 is 4.72 Å². The van der Waals surface area contributed by atoms with Crippen LogP contribution in [-0.2, 0) is 16.6 Å². The number of rotatable bonds is 5. The average molecular weight is 281 g/mol. The van der Waals surface area contributed by atoms with E-state index in [9.17, 15) is 13.2 Å². The topological polar surface area (TPSA) is 112 Å². The van der Waals surface area contributed by atoms with Crippen molar-refractivity contribution in [2.45, 2.75) is 11.4 Å². The van der Waals surface area contributed by atoms with E-state index in [1.54, 1.807) is 6.07 Å². The number of aromatic amines is 1. The first-order valence-corrected chi connectivity index (χ1v) is 6.78. The molecule has 0 aliphatic rings. The summed E-state index contributed by atoms with van der Waals surface area (Å²) < 4.78 is 26.3. The predicted molar refractivity (Wildman–Crippen MR) is 66.0 cm³/mol. The summed E-state index contributed by atoms with van der Waals surface area (Å²) in [4.78, 5) is 10.7. The van der Waals surface area contributed by atoms with Crippen LogP contribution in [0.25, 0.3) is 0 Å². The van der Waals surface area contributed by atoms with Crippen molar-refractivity contribution in [1.82, 2.24) is 14.9 Å². The van der Waals surface area contributed by atoms with Crippen LogP contribution in [0.4, 0.5) is 0 Å². The molecule has 0 fully saturated rings. The zero-order valence-electron chi connectivity index (χ0n) is 9.70. The van der Waals surface area contributed by atoms with E-state index in [0.29, 0.717) is 5.69 Å². The summed E-state index contributed by atoms with van der Waals surface area (Å²) in [5.74, 6) is -1.18. The molecule has 0 bridgehead atoms. The highest BCUT2D eigenvalue weighted by Crippen LogP contribution is 2.12. The number of aromatic nitrogens is 2. The average Bonchev–Trinajstić information content (AvgIpc) is 2.90. The zero-order chi connectivity index (χ0) is 13.9. The van der Waals surface area contributed by atoms with Crippen molar-refractivity contribution in [3.63, 3.8) is 0 Å². The van der Waals surface area contributed by atoms with Crippen molar-refractivity contribution in [3.05, 3.63) is 47.8 Å². The molecule has 100 valence electrons. The summed E-state index contributed by atoms with van der Waals surface area (Å²) in [5.41, 5.74) is 0.530. The van der Waals surface area contributed by atoms with Crippen molar-refractivity contribution in [2.24, 2.45) is 0 Å². The third kappa shape index (κ3) is 3.18. The number of carboxylic acids is 1. The number of H-pyrrole nitrogens is 1. The van der Waals surface area contributed by atoms with E-state index in [1.807, 2.05) is 0 Å². The van der Waals surface area contributed by atoms with Gasteiger partial charge in [0.1, 0.15) is 0 Å². The van der Waals surface area contributed by atoms with Crippen LogP contribution >= 0.6 is 0 Å². The number of carboxylic acid groups (broad SMARTS) is 1. The van der Waals surface area contributed by atoms with Crippen molar-refractivity contribution in [2.75, 3.05) is 0 Å². The quantitative estimate of drug-likeness (QED) is 0.742. The standard InChI is InChI=1S/C11H11N3O4S/c15-11(16)8-2-1-3-10(6-8)19(17,18)13-7-9-4-5-12-14-9/h1-6,13H,7H2,(H,12,14)(H,15,16). The van der Waals surface area contributed by atoms with Gasteiger partial charge in [0.2, 0.25) is 10.0 Å². The second-order valence-corrected chi connectivity index (χ2v) is 5.51. The Balaban J connectivity index is 2.19. The molecular weight excluding hydrogens is 270 g/mol. The Bertz CT molecular complexity index is 680. The number of nitrogens with zero attached hydrogens (tertiary/aromatic N) is 1. The Morgan fingerprint density at radius 3 is 2.79 bits per heavy atom. The van der Waals surface area contributed by atoms with E-state index >= 15 is 0 Å². The van der Waals surface area contributed by atoms with Gasteiger partial charge in [-0.2, -0.15) is 5.10 Å². The molecule has 8 heteroatoms. The molecule has 0 atom stereocenters. The molecule has 2 rings (SSSR count). The van der Waals surface area contributed by atoms with Gasteiger partial charge in [-0.05, 0) is 24.3 Å². The summed E-state index contributed by atoms with van der Waals surface area (Å²) in [5, 5.41) is 15.1. The number of aromatic carboxylic acids is 1. The van der Waals surface area contributed by atoms with E-state index in [-0.39, 0.29) is 17.0 Å². The summed E-state index contributed by atoms with van der Waals surface area (Å²) in [7, 11) is -3.75. The lowest BCUT2D eigenvalue weighted by atomic mass is 10.2. The molecule has 1 aromatic carbocycles. The fourth-order valence-corrected chi connectivity index (χ4v) is 2.49. The molecule has 0 aliphatic heterocycles. The fraction of sp³-hybridized carbons (Fsp3) is 0.0909. The Morgan fingerprint density at radius 2 is 2.16 bits per heavy atom. The maximum Gasteiger partial charge on any atom is 0.335 e. The fourth-order valence-electron chi connectivity index (χ4n) is 1.44. The lowest BCUT2D eigenvalue weighted by molar-refractivity contribution is 0.0696. The van der Waals surface area contributed by atoms with Gasteiger partial charge in [0.05, 0.1) is 22.7 Å². The lowest BCUT2D eigenvalue weighted by Gasteiger charge is -2.06. The van der Waals surface area contributed by atoms with Gasteiger partial charge in [0.25, 0.3) is 0 Å². The van der Waals surface area contributed by atoms with Gasteiger partial charge >= 0.3 is 5.97 Å². The smallest absolute Gasteiger partial charge is 0.335 e. The maximum atomic E-state index is 12.0. The summed E-state index contributed by atoms with van der Waals surface area (Å²) in [6, 6.07) is 6.79. The Hall–Kier alpha value is -2.19. The summed E-state index contributed by atoms with van der Waals surface area (Å²) >= 11 is 0. The number of carbonyl (C=O) groups is 1. The molecule has 0 aliphatic carbocycles. The van der Waals surface area contributed by atoms with Crippen molar-refractivity contribution < 1.29 is 18.3 Å². The summed E-state index contributed by atoms with van der Waals surface area (Å²) in [6.45, 7) is 0.0552. The van der Waals surface area contributed by atoms with Gasteiger partial charge < -0.3 is 5.11 Å². The summed E-state index contributed by atoms with van der Waals surface area (Å²) in [6.07, 6.45) is 1.51. The molecule has 1 aromatic heterocycles. The first kappa shape index (κ1) is 13.2. The number of hydrogen-bond acceptors (Lipinski definition) is 4. The van der Waals surface area contributed by atoms with Gasteiger partial charge in [-0.1, -0.05) is 6.07 Å². The van der Waals surface area contributed by atoms with Gasteiger partial charge in [-0.15, -0.1) is 0 Å². The van der Waals surface area contributed by atoms with E-state index < -0.39 is 16.0 Å². The molecule has 0 saturated carbocycles. The van der Waals surface area contributed by atoms with Crippen LogP contribution in [0.2, 0.25) is 0 Å². The van der Waals surface area contributed by atoms with Gasteiger partial charge in [-0.3, -0.25) is 5.10 Å². The van der Waals surface area contributed by atoms with Crippen molar-refractivity contribution >= 4 is 16.0 Å². The number of nitrogens with one attached hydrogen (secondary N) is 2. The first-order valence-electron chi connectivity index (χ1n) is 5.30. The molecule has 0 amide bonds. The van der Waals surface area contributed by atoms with Crippen molar-refractivity contribution in [3.8, 4) is 0 Å². The van der Waals surface area contributed by atoms with Crippen LogP contribution in [0.1, 0.15) is 16.1 Å². The Kier molecular flexibility index (Phi) is 3.63. The maximum absolute atomic E-state index is 12.0. The van der Waals surface area contributed by atoms with Gasteiger partial charge in [0.15, 0.2) is 0 Å². The normalized spacial score (nSPS) is 11.4. The van der Waals surface area contributed by atoms with E-state index in [1.165, 1.54) is 24.4 Å². The van der Waals surface area contributed by atoms with Crippen molar-refractivity contribution in [1.29, 1.82) is 0 Å². The molecule has 0 spiro atoms. The third-order valence-corrected chi connectivity index (χ3v) is 3.80. The van der Waals surface area contributed by atoms with Gasteiger partial charge in [0, 0.05) is 6.20 Å². The molecular formula is C11H11N3O4S. The van der Waals surface area contributed by atoms with E-state index in [2.05, 4.69) is 14.9 Å². The van der Waals surface area contributed by atoms with Crippen LogP contribution in [-0.4, -0.2) is 29.7 Å². The number of sulfonamides is 1. The largest absolute Gasteiger partial charge is 0.478 e. The van der Waals surface area contributed by atoms with E-state index in [4.69, 9.17) is 5.11 Å². The molecule has 0 radical (unpaired) electrons. The van der Waals surface area contributed by atoms with Gasteiger partial charge in [-0.25, -0.2) is 17.9 Å². The Labute approximate surface area is 109 Å². The Morgan fingerprint density at radius 1 is 1.37 bits per heavy atom. The molecule has 0 saturated heterocycles. The number of hydrogen-bond donors (Lipinski definition) is 3. The highest BCUT2D eigenvalue weighted by molar-refractivity contribution is 7.89. The monoisotopic (exact) mass is 281 g/mol. The predicted octanol–water partition coefficient (Wildman–Crippen LogP) is 0.586. The molecule has 1 heterocycles. The van der Waals surface area contributed by atoms with Crippen LogP contribution in [0, 0.1) is 0 Å². The SMILES string of the molecule is O=C(O)c1cccc(S(=O)(=O)NCc2ccn[nH]2)c1. The van der Waals surface area contributed by atoms with Crippen LogP contribution in [0.15, 0.2) is 41.4 Å². The minimum atomic E-state index is -3.75. The minimum Gasteiger partial charge on any atom is -0.478 e. The van der Waals surface area contributed by atoms with Crippen LogP contribution in [0.5, 0.6) is 0 Å². The lowest BCUT2D eigenvalue weighted by Crippen LogP contribution is -2.23. The molecule has 2 aromatic rings.